The molecule has 0 aromatic carbocycles. The minimum atomic E-state index is -3.95. The molecule has 10 heavy (non-hydrogen) atoms. The van der Waals surface area contributed by atoms with E-state index >= 15 is 0 Å². The summed E-state index contributed by atoms with van der Waals surface area (Å²) < 4.78 is 15.0. The van der Waals surface area contributed by atoms with E-state index in [9.17, 15) is 4.57 Å². The molecule has 1 atom stereocenters. The number of rotatable bonds is 4. The minimum absolute atomic E-state index is 0.0763. The van der Waals surface area contributed by atoms with E-state index in [1.807, 2.05) is 6.92 Å². The Kier molecular flexibility index (Phi) is 4.13. The van der Waals surface area contributed by atoms with Crippen molar-refractivity contribution in [2.24, 2.45) is 0 Å². The van der Waals surface area contributed by atoms with E-state index in [2.05, 4.69) is 0 Å². The summed E-state index contributed by atoms with van der Waals surface area (Å²) in [6, 6.07) is 0. The van der Waals surface area contributed by atoms with E-state index in [1.54, 1.807) is 6.92 Å². The van der Waals surface area contributed by atoms with E-state index in [-0.39, 0.29) is 6.10 Å². The Hall–Kier alpha value is 0.110. The lowest BCUT2D eigenvalue weighted by Crippen LogP contribution is -2.07. The summed E-state index contributed by atoms with van der Waals surface area (Å²) in [6.45, 7) is 3.67. The van der Waals surface area contributed by atoms with Gasteiger partial charge in [0, 0.05) is 0 Å². The van der Waals surface area contributed by atoms with Crippen molar-refractivity contribution in [1.29, 1.82) is 0 Å². The second-order valence-electron chi connectivity index (χ2n) is 2.18. The summed E-state index contributed by atoms with van der Waals surface area (Å²) in [4.78, 5) is 16.7. The second-order valence-corrected chi connectivity index (χ2v) is 3.77. The molecule has 0 saturated heterocycles. The maximum Gasteiger partial charge on any atom is 0.350 e. The molecular weight excluding hydrogens is 155 g/mol. The largest absolute Gasteiger partial charge is 0.366 e. The average molecular weight is 168 g/mol. The fourth-order valence-electron chi connectivity index (χ4n) is 0.342. The molecule has 0 heterocycles. The molecule has 0 aromatic heterocycles. The molecule has 0 fully saturated rings. The van der Waals surface area contributed by atoms with Crippen molar-refractivity contribution in [3.8, 4) is 0 Å². The third-order valence-corrected chi connectivity index (χ3v) is 1.59. The third-order valence-electron chi connectivity index (χ3n) is 1.10. The lowest BCUT2D eigenvalue weighted by atomic mass is 10.3. The van der Waals surface area contributed by atoms with E-state index in [4.69, 9.17) is 14.5 Å². The molecule has 0 bridgehead atoms. The van der Waals surface area contributed by atoms with Gasteiger partial charge in [0.15, 0.2) is 0 Å². The lowest BCUT2D eigenvalue weighted by Gasteiger charge is -2.10. The lowest BCUT2D eigenvalue weighted by molar-refractivity contribution is 0.0858. The van der Waals surface area contributed by atoms with Gasteiger partial charge in [0.25, 0.3) is 0 Å². The molecule has 0 aliphatic heterocycles. The van der Waals surface area contributed by atoms with Crippen LogP contribution in [0.4, 0.5) is 0 Å². The zero-order chi connectivity index (χ0) is 8.20. The maximum atomic E-state index is 10.2. The van der Waals surface area contributed by atoms with Gasteiger partial charge < -0.3 is 14.5 Å². The van der Waals surface area contributed by atoms with Gasteiger partial charge in [-0.05, 0) is 13.3 Å². The van der Waals surface area contributed by atoms with Crippen molar-refractivity contribution in [2.75, 3.05) is 6.35 Å². The number of hydrogen-bond acceptors (Lipinski definition) is 2. The van der Waals surface area contributed by atoms with Crippen molar-refractivity contribution in [3.05, 3.63) is 0 Å². The molecule has 0 aliphatic carbocycles. The minimum Gasteiger partial charge on any atom is -0.366 e. The van der Waals surface area contributed by atoms with Crippen LogP contribution in [0.15, 0.2) is 0 Å². The zero-order valence-electron chi connectivity index (χ0n) is 6.15. The molecule has 0 aliphatic rings. The molecule has 0 radical (unpaired) electrons. The van der Waals surface area contributed by atoms with E-state index in [0.29, 0.717) is 0 Å². The van der Waals surface area contributed by atoms with Crippen LogP contribution in [0.3, 0.4) is 0 Å². The van der Waals surface area contributed by atoms with Crippen molar-refractivity contribution < 1.29 is 19.1 Å². The van der Waals surface area contributed by atoms with Crippen molar-refractivity contribution in [1.82, 2.24) is 0 Å². The van der Waals surface area contributed by atoms with Crippen LogP contribution in [0, 0.1) is 0 Å². The monoisotopic (exact) mass is 168 g/mol. The first-order valence-corrected chi connectivity index (χ1v) is 4.91. The van der Waals surface area contributed by atoms with Crippen molar-refractivity contribution >= 4 is 7.60 Å². The predicted molar refractivity (Wildman–Crippen MR) is 37.7 cm³/mol. The molecule has 2 N–H and O–H groups in total. The fourth-order valence-corrected chi connectivity index (χ4v) is 0.791. The third kappa shape index (κ3) is 6.23. The normalized spacial score (nSPS) is 15.2. The van der Waals surface area contributed by atoms with Gasteiger partial charge in [-0.2, -0.15) is 0 Å². The maximum absolute atomic E-state index is 10.2. The molecule has 0 saturated carbocycles. The summed E-state index contributed by atoms with van der Waals surface area (Å²) >= 11 is 0. The average Bonchev–Trinajstić information content (AvgIpc) is 1.81. The van der Waals surface area contributed by atoms with Gasteiger partial charge >= 0.3 is 7.60 Å². The molecule has 5 heteroatoms. The van der Waals surface area contributed by atoms with Gasteiger partial charge in [0.2, 0.25) is 0 Å². The molecule has 4 nitrogen and oxygen atoms in total. The Morgan fingerprint density at radius 1 is 1.60 bits per heavy atom. The molecule has 1 unspecified atom stereocenters. The molecule has 0 spiro atoms. The second kappa shape index (κ2) is 4.09. The van der Waals surface area contributed by atoms with E-state index in [1.165, 1.54) is 0 Å². The zero-order valence-corrected chi connectivity index (χ0v) is 7.04. The van der Waals surface area contributed by atoms with E-state index in [0.717, 1.165) is 6.42 Å². The van der Waals surface area contributed by atoms with E-state index < -0.39 is 13.9 Å². The summed E-state index contributed by atoms with van der Waals surface area (Å²) in [6.07, 6.45) is 0.217. The first-order chi connectivity index (χ1) is 4.45. The molecule has 62 valence electrons. The molecule has 0 rings (SSSR count). The highest BCUT2D eigenvalue weighted by Crippen LogP contribution is 2.34. The van der Waals surface area contributed by atoms with Crippen LogP contribution in [0.5, 0.6) is 0 Å². The van der Waals surface area contributed by atoms with Gasteiger partial charge in [0.05, 0.1) is 6.10 Å². The van der Waals surface area contributed by atoms with Gasteiger partial charge in [-0.3, -0.25) is 4.57 Å². The van der Waals surface area contributed by atoms with Gasteiger partial charge in [-0.25, -0.2) is 0 Å². The van der Waals surface area contributed by atoms with Gasteiger partial charge in [-0.15, -0.1) is 0 Å². The highest BCUT2D eigenvalue weighted by atomic mass is 31.2. The van der Waals surface area contributed by atoms with Crippen LogP contribution in [-0.2, 0) is 9.30 Å². The Morgan fingerprint density at radius 2 is 2.10 bits per heavy atom. The Bertz CT molecular complexity index is 130. The number of hydrogen-bond donors (Lipinski definition) is 2. The van der Waals surface area contributed by atoms with Crippen LogP contribution >= 0.6 is 7.60 Å². The summed E-state index contributed by atoms with van der Waals surface area (Å²) in [5.74, 6) is 0. The van der Waals surface area contributed by atoms with Crippen LogP contribution in [0.25, 0.3) is 0 Å². The van der Waals surface area contributed by atoms with Crippen LogP contribution in [-0.4, -0.2) is 22.2 Å². The van der Waals surface area contributed by atoms with Crippen molar-refractivity contribution in [2.45, 2.75) is 26.4 Å². The molecule has 0 amide bonds. The Morgan fingerprint density at radius 3 is 2.40 bits per heavy atom. The summed E-state index contributed by atoms with van der Waals surface area (Å²) in [5.41, 5.74) is 0. The van der Waals surface area contributed by atoms with Crippen LogP contribution in [0.1, 0.15) is 20.3 Å². The predicted octanol–water partition coefficient (Wildman–Crippen LogP) is 0.937. The van der Waals surface area contributed by atoms with Crippen LogP contribution in [0.2, 0.25) is 0 Å². The van der Waals surface area contributed by atoms with Crippen LogP contribution < -0.4 is 0 Å². The number of ether oxygens (including phenoxy) is 1. The van der Waals surface area contributed by atoms with Gasteiger partial charge in [-0.1, -0.05) is 6.92 Å². The highest BCUT2D eigenvalue weighted by molar-refractivity contribution is 7.51. The molecular formula is C5H13O4P. The van der Waals surface area contributed by atoms with Gasteiger partial charge in [0.1, 0.15) is 6.35 Å². The standard InChI is InChI=1S/C5H13O4P/c1-3-5(2)9-4-10(6,7)8/h5H,3-4H2,1-2H3,(H2,6,7,8). The quantitative estimate of drug-likeness (QED) is 0.613. The first kappa shape index (κ1) is 10.1. The molecule has 0 aromatic rings. The smallest absolute Gasteiger partial charge is 0.350 e. The summed E-state index contributed by atoms with van der Waals surface area (Å²) in [7, 11) is -3.95. The highest BCUT2D eigenvalue weighted by Gasteiger charge is 2.13. The SMILES string of the molecule is CCC(C)OCP(=O)(O)O. The summed E-state index contributed by atoms with van der Waals surface area (Å²) in [5, 5.41) is 0. The topological polar surface area (TPSA) is 66.8 Å². The Balaban J connectivity index is 3.46. The Labute approximate surface area is 60.4 Å². The first-order valence-electron chi connectivity index (χ1n) is 3.12. The fraction of sp³-hybridized carbons (Fsp3) is 1.00. The van der Waals surface area contributed by atoms with Crippen molar-refractivity contribution in [3.63, 3.8) is 0 Å².